The Labute approximate surface area is 197 Å². The van der Waals surface area contributed by atoms with Gasteiger partial charge in [0.2, 0.25) is 5.95 Å². The van der Waals surface area contributed by atoms with Crippen LogP contribution in [-0.2, 0) is 0 Å². The van der Waals surface area contributed by atoms with Crippen molar-refractivity contribution in [1.82, 2.24) is 14.5 Å². The molecule has 2 N–H and O–H groups in total. The second-order valence-electron chi connectivity index (χ2n) is 9.02. The summed E-state index contributed by atoms with van der Waals surface area (Å²) in [7, 11) is 0. The largest absolute Gasteiger partial charge is 0.396 e. The molecule has 0 radical (unpaired) electrons. The second kappa shape index (κ2) is 9.41. The normalized spacial score (nSPS) is 14.9. The molecule has 4 rings (SSSR count). The van der Waals surface area contributed by atoms with Crippen molar-refractivity contribution < 1.29 is 5.11 Å². The zero-order chi connectivity index (χ0) is 22.9. The number of nitrogens with zero attached hydrogens (tertiary/aromatic N) is 3. The van der Waals surface area contributed by atoms with Crippen molar-refractivity contribution in [3.8, 4) is 0 Å². The minimum Gasteiger partial charge on any atom is -0.396 e. The minimum absolute atomic E-state index is 0.0389. The van der Waals surface area contributed by atoms with Gasteiger partial charge in [-0.15, -0.1) is 11.8 Å². The predicted molar refractivity (Wildman–Crippen MR) is 132 cm³/mol. The van der Waals surface area contributed by atoms with Gasteiger partial charge in [0.1, 0.15) is 10.7 Å². The Morgan fingerprint density at radius 1 is 1.28 bits per heavy atom. The lowest BCUT2D eigenvalue weighted by atomic mass is 10.1. The number of nitrogens with one attached hydrogen (secondary N) is 1. The Balaban J connectivity index is 1.64. The van der Waals surface area contributed by atoms with Crippen molar-refractivity contribution in [2.24, 2.45) is 0 Å². The van der Waals surface area contributed by atoms with E-state index in [0.717, 1.165) is 53.6 Å². The van der Waals surface area contributed by atoms with Crippen LogP contribution in [0.25, 0.3) is 11.0 Å². The summed E-state index contributed by atoms with van der Waals surface area (Å²) < 4.78 is 1.72. The van der Waals surface area contributed by atoms with Crippen molar-refractivity contribution in [1.29, 1.82) is 0 Å². The fraction of sp³-hybridized carbons (Fsp3) is 0.458. The Morgan fingerprint density at radius 3 is 2.72 bits per heavy atom. The Morgan fingerprint density at radius 2 is 2.03 bits per heavy atom. The van der Waals surface area contributed by atoms with E-state index in [4.69, 9.17) is 16.6 Å². The summed E-state index contributed by atoms with van der Waals surface area (Å²) in [6.45, 7) is 6.48. The molecule has 2 aromatic heterocycles. The second-order valence-corrected chi connectivity index (χ2v) is 11.2. The third-order valence-corrected chi connectivity index (χ3v) is 7.49. The number of halogens is 1. The van der Waals surface area contributed by atoms with Crippen LogP contribution < -0.4 is 10.9 Å². The molecule has 1 saturated carbocycles. The number of pyridine rings is 1. The first-order chi connectivity index (χ1) is 15.3. The van der Waals surface area contributed by atoms with E-state index in [-0.39, 0.29) is 28.0 Å². The highest BCUT2D eigenvalue weighted by atomic mass is 35.5. The summed E-state index contributed by atoms with van der Waals surface area (Å²) in [6.07, 6.45) is 6.60. The zero-order valence-electron chi connectivity index (χ0n) is 18.7. The standard InChI is InChI=1S/C24H29ClN4O2S/c1-15-12-18(32-24(2,3)10-11-30)8-9-20(15)27-23-26-14-16-13-19(25)22(31)29(21(16)28-23)17-6-4-5-7-17/h8-9,12-14,17,30H,4-7,10-11H2,1-3H3,(H,26,27,28). The van der Waals surface area contributed by atoms with Gasteiger partial charge >= 0.3 is 0 Å². The number of rotatable bonds is 7. The molecule has 1 fully saturated rings. The molecule has 0 bridgehead atoms. The van der Waals surface area contributed by atoms with E-state index in [9.17, 15) is 9.90 Å². The maximum absolute atomic E-state index is 12.8. The molecule has 6 nitrogen and oxygen atoms in total. The van der Waals surface area contributed by atoms with E-state index in [1.54, 1.807) is 28.6 Å². The molecular weight excluding hydrogens is 444 g/mol. The number of aliphatic hydroxyl groups excluding tert-OH is 1. The van der Waals surface area contributed by atoms with Gasteiger partial charge in [-0.1, -0.05) is 38.3 Å². The van der Waals surface area contributed by atoms with Crippen molar-refractivity contribution in [2.45, 2.75) is 68.6 Å². The van der Waals surface area contributed by atoms with Gasteiger partial charge in [0.25, 0.3) is 5.56 Å². The number of hydrogen-bond acceptors (Lipinski definition) is 6. The molecule has 0 atom stereocenters. The van der Waals surface area contributed by atoms with Gasteiger partial charge in [0, 0.05) is 39.6 Å². The maximum Gasteiger partial charge on any atom is 0.271 e. The molecule has 170 valence electrons. The number of aliphatic hydroxyl groups is 1. The van der Waals surface area contributed by atoms with E-state index < -0.39 is 0 Å². The van der Waals surface area contributed by atoms with E-state index in [0.29, 0.717) is 11.6 Å². The lowest BCUT2D eigenvalue weighted by Gasteiger charge is -2.23. The monoisotopic (exact) mass is 472 g/mol. The van der Waals surface area contributed by atoms with Crippen LogP contribution in [0.1, 0.15) is 57.6 Å². The molecule has 1 aliphatic rings. The number of fused-ring (bicyclic) bond motifs is 1. The van der Waals surface area contributed by atoms with Crippen LogP contribution >= 0.6 is 23.4 Å². The van der Waals surface area contributed by atoms with Crippen molar-refractivity contribution >= 4 is 46.0 Å². The van der Waals surface area contributed by atoms with Gasteiger partial charge in [-0.2, -0.15) is 4.98 Å². The summed E-state index contributed by atoms with van der Waals surface area (Å²) >= 11 is 7.97. The van der Waals surface area contributed by atoms with Gasteiger partial charge in [0.05, 0.1) is 0 Å². The minimum atomic E-state index is -0.182. The highest BCUT2D eigenvalue weighted by Crippen LogP contribution is 2.37. The molecule has 0 saturated heterocycles. The van der Waals surface area contributed by atoms with Crippen LogP contribution in [0.3, 0.4) is 0 Å². The number of aryl methyl sites for hydroxylation is 1. The summed E-state index contributed by atoms with van der Waals surface area (Å²) in [4.78, 5) is 23.1. The summed E-state index contributed by atoms with van der Waals surface area (Å²) in [6, 6.07) is 7.99. The maximum atomic E-state index is 12.8. The van der Waals surface area contributed by atoms with Gasteiger partial charge < -0.3 is 10.4 Å². The van der Waals surface area contributed by atoms with Crippen LogP contribution in [0.2, 0.25) is 5.02 Å². The number of benzene rings is 1. The van der Waals surface area contributed by atoms with Gasteiger partial charge in [-0.05, 0) is 56.0 Å². The lowest BCUT2D eigenvalue weighted by molar-refractivity contribution is 0.275. The molecular formula is C24H29ClN4O2S. The van der Waals surface area contributed by atoms with Crippen LogP contribution in [0.4, 0.5) is 11.6 Å². The molecule has 0 amide bonds. The first kappa shape index (κ1) is 23.1. The number of anilines is 2. The quantitative estimate of drug-likeness (QED) is 0.419. The molecule has 32 heavy (non-hydrogen) atoms. The molecule has 1 aromatic carbocycles. The molecule has 0 spiro atoms. The average Bonchev–Trinajstić information content (AvgIpc) is 3.25. The van der Waals surface area contributed by atoms with E-state index in [2.05, 4.69) is 36.3 Å². The van der Waals surface area contributed by atoms with Crippen LogP contribution in [0, 0.1) is 6.92 Å². The predicted octanol–water partition coefficient (Wildman–Crippen LogP) is 5.87. The fourth-order valence-electron chi connectivity index (χ4n) is 4.25. The number of aromatic nitrogens is 3. The molecule has 1 aliphatic carbocycles. The van der Waals surface area contributed by atoms with Crippen molar-refractivity contribution in [2.75, 3.05) is 11.9 Å². The van der Waals surface area contributed by atoms with Gasteiger partial charge in [-0.3, -0.25) is 9.36 Å². The Kier molecular flexibility index (Phi) is 6.79. The molecule has 0 aliphatic heterocycles. The van der Waals surface area contributed by atoms with Crippen molar-refractivity contribution in [3.63, 3.8) is 0 Å². The summed E-state index contributed by atoms with van der Waals surface area (Å²) in [5.41, 5.74) is 2.43. The third kappa shape index (κ3) is 4.95. The average molecular weight is 473 g/mol. The van der Waals surface area contributed by atoms with E-state index in [1.165, 1.54) is 0 Å². The Bertz CT molecular complexity index is 1190. The molecule has 2 heterocycles. The number of hydrogen-bond donors (Lipinski definition) is 2. The summed E-state index contributed by atoms with van der Waals surface area (Å²) in [5, 5.41) is 13.6. The smallest absolute Gasteiger partial charge is 0.271 e. The zero-order valence-corrected chi connectivity index (χ0v) is 20.3. The van der Waals surface area contributed by atoms with Crippen molar-refractivity contribution in [3.05, 3.63) is 51.4 Å². The van der Waals surface area contributed by atoms with Crippen LogP contribution in [0.15, 0.2) is 40.2 Å². The molecule has 0 unspecified atom stereocenters. The SMILES string of the molecule is Cc1cc(SC(C)(C)CCO)ccc1Nc1ncc2cc(Cl)c(=O)n(C3CCCC3)c2n1. The van der Waals surface area contributed by atoms with Crippen LogP contribution in [0.5, 0.6) is 0 Å². The fourth-order valence-corrected chi connectivity index (χ4v) is 5.66. The highest BCUT2D eigenvalue weighted by molar-refractivity contribution is 8.00. The molecule has 8 heteroatoms. The van der Waals surface area contributed by atoms with E-state index >= 15 is 0 Å². The van der Waals surface area contributed by atoms with Gasteiger partial charge in [-0.25, -0.2) is 4.98 Å². The third-order valence-electron chi connectivity index (χ3n) is 5.97. The topological polar surface area (TPSA) is 80.0 Å². The van der Waals surface area contributed by atoms with Crippen LogP contribution in [-0.4, -0.2) is 31.0 Å². The number of thioether (sulfide) groups is 1. The van der Waals surface area contributed by atoms with E-state index in [1.807, 2.05) is 13.0 Å². The lowest BCUT2D eigenvalue weighted by Crippen LogP contribution is -2.25. The first-order valence-corrected chi connectivity index (χ1v) is 12.2. The van der Waals surface area contributed by atoms with Gasteiger partial charge in [0.15, 0.2) is 0 Å². The first-order valence-electron chi connectivity index (χ1n) is 11.0. The Hall–Kier alpha value is -2.09. The summed E-state index contributed by atoms with van der Waals surface area (Å²) in [5.74, 6) is 0.454. The highest BCUT2D eigenvalue weighted by Gasteiger charge is 2.23. The molecule has 3 aromatic rings.